The van der Waals surface area contributed by atoms with E-state index in [4.69, 9.17) is 4.74 Å². The molecule has 0 heterocycles. The van der Waals surface area contributed by atoms with Gasteiger partial charge in [-0.3, -0.25) is 4.79 Å². The summed E-state index contributed by atoms with van der Waals surface area (Å²) < 4.78 is 5.38. The van der Waals surface area contributed by atoms with Crippen molar-refractivity contribution in [2.24, 2.45) is 0 Å². The number of phenolic OH excluding ortho intramolecular Hbond substituents is 1. The molecule has 0 unspecified atom stereocenters. The lowest BCUT2D eigenvalue weighted by Crippen LogP contribution is -2.41. The Bertz CT molecular complexity index is 493. The molecule has 1 aliphatic carbocycles. The molecular weight excluding hydrogens is 266 g/mol. The number of nitrogens with zero attached hydrogens (tertiary/aromatic N) is 1. The Kier molecular flexibility index (Phi) is 5.23. The van der Waals surface area contributed by atoms with Gasteiger partial charge in [0.15, 0.2) is 0 Å². The third-order valence-corrected chi connectivity index (χ3v) is 4.59. The third kappa shape index (κ3) is 3.97. The van der Waals surface area contributed by atoms with E-state index in [1.807, 2.05) is 24.9 Å². The molecule has 0 bridgehead atoms. The van der Waals surface area contributed by atoms with Crippen LogP contribution in [0.15, 0.2) is 18.2 Å². The van der Waals surface area contributed by atoms with Gasteiger partial charge >= 0.3 is 0 Å². The van der Waals surface area contributed by atoms with Crippen molar-refractivity contribution in [3.8, 4) is 5.75 Å². The van der Waals surface area contributed by atoms with Gasteiger partial charge in [-0.15, -0.1) is 0 Å². The van der Waals surface area contributed by atoms with Crippen molar-refractivity contribution in [3.63, 3.8) is 0 Å². The Morgan fingerprint density at radius 2 is 2.00 bits per heavy atom. The smallest absolute Gasteiger partial charge is 0.226 e. The molecule has 21 heavy (non-hydrogen) atoms. The van der Waals surface area contributed by atoms with Crippen molar-refractivity contribution in [1.82, 2.24) is 4.90 Å². The summed E-state index contributed by atoms with van der Waals surface area (Å²) in [5.41, 5.74) is 1.94. The van der Waals surface area contributed by atoms with Crippen molar-refractivity contribution in [2.45, 2.75) is 51.2 Å². The molecule has 0 saturated heterocycles. The van der Waals surface area contributed by atoms with Gasteiger partial charge in [-0.25, -0.2) is 0 Å². The molecule has 0 spiro atoms. The SMILES string of the molecule is COC1CCC(N(C)C(=O)Cc2ccc(O)cc2C)CC1. The third-order valence-electron chi connectivity index (χ3n) is 4.59. The first-order valence-electron chi connectivity index (χ1n) is 7.58. The van der Waals surface area contributed by atoms with E-state index in [9.17, 15) is 9.90 Å². The van der Waals surface area contributed by atoms with E-state index in [-0.39, 0.29) is 11.7 Å². The summed E-state index contributed by atoms with van der Waals surface area (Å²) in [5, 5.41) is 9.43. The Morgan fingerprint density at radius 1 is 1.33 bits per heavy atom. The Hall–Kier alpha value is -1.55. The van der Waals surface area contributed by atoms with Gasteiger partial charge in [0, 0.05) is 20.2 Å². The Morgan fingerprint density at radius 3 is 2.57 bits per heavy atom. The van der Waals surface area contributed by atoms with Gasteiger partial charge in [-0.05, 0) is 55.9 Å². The van der Waals surface area contributed by atoms with E-state index in [0.29, 0.717) is 18.6 Å². The van der Waals surface area contributed by atoms with Crippen LogP contribution in [-0.4, -0.2) is 42.2 Å². The zero-order valence-electron chi connectivity index (χ0n) is 13.1. The topological polar surface area (TPSA) is 49.8 Å². The molecule has 1 saturated carbocycles. The highest BCUT2D eigenvalue weighted by molar-refractivity contribution is 5.79. The molecule has 116 valence electrons. The van der Waals surface area contributed by atoms with Crippen LogP contribution < -0.4 is 0 Å². The summed E-state index contributed by atoms with van der Waals surface area (Å²) >= 11 is 0. The molecule has 1 aromatic rings. The number of ether oxygens (including phenoxy) is 1. The van der Waals surface area contributed by atoms with Gasteiger partial charge in [0.25, 0.3) is 0 Å². The number of rotatable bonds is 4. The van der Waals surface area contributed by atoms with Crippen LogP contribution in [0.5, 0.6) is 5.75 Å². The lowest BCUT2D eigenvalue weighted by atomic mass is 9.91. The first-order valence-corrected chi connectivity index (χ1v) is 7.58. The molecule has 0 aliphatic heterocycles. The summed E-state index contributed by atoms with van der Waals surface area (Å²) in [6.45, 7) is 1.92. The van der Waals surface area contributed by atoms with Crippen LogP contribution in [0.3, 0.4) is 0 Å². The van der Waals surface area contributed by atoms with Crippen LogP contribution >= 0.6 is 0 Å². The number of amides is 1. The monoisotopic (exact) mass is 291 g/mol. The van der Waals surface area contributed by atoms with Gasteiger partial charge in [-0.2, -0.15) is 0 Å². The van der Waals surface area contributed by atoms with E-state index in [0.717, 1.165) is 36.8 Å². The van der Waals surface area contributed by atoms with Gasteiger partial charge < -0.3 is 14.7 Å². The highest BCUT2D eigenvalue weighted by Crippen LogP contribution is 2.25. The molecule has 1 aromatic carbocycles. The van der Waals surface area contributed by atoms with Crippen molar-refractivity contribution in [3.05, 3.63) is 29.3 Å². The van der Waals surface area contributed by atoms with Crippen LogP contribution in [0, 0.1) is 6.92 Å². The van der Waals surface area contributed by atoms with Gasteiger partial charge in [0.05, 0.1) is 12.5 Å². The van der Waals surface area contributed by atoms with Crippen LogP contribution in [-0.2, 0) is 16.0 Å². The van der Waals surface area contributed by atoms with Crippen LogP contribution in [0.4, 0.5) is 0 Å². The fourth-order valence-electron chi connectivity index (χ4n) is 3.04. The number of hydrogen-bond donors (Lipinski definition) is 1. The lowest BCUT2D eigenvalue weighted by molar-refractivity contribution is -0.132. The number of aromatic hydroxyl groups is 1. The molecule has 0 aromatic heterocycles. The molecule has 1 amide bonds. The van der Waals surface area contributed by atoms with Crippen molar-refractivity contribution in [1.29, 1.82) is 0 Å². The number of carbonyl (C=O) groups excluding carboxylic acids is 1. The minimum atomic E-state index is 0.143. The maximum atomic E-state index is 12.4. The molecular formula is C17H25NO3. The number of aryl methyl sites for hydroxylation is 1. The second kappa shape index (κ2) is 6.94. The van der Waals surface area contributed by atoms with Gasteiger partial charge in [0.1, 0.15) is 5.75 Å². The number of benzene rings is 1. The van der Waals surface area contributed by atoms with Crippen molar-refractivity contribution < 1.29 is 14.6 Å². The molecule has 1 N–H and O–H groups in total. The highest BCUT2D eigenvalue weighted by Gasteiger charge is 2.26. The van der Waals surface area contributed by atoms with E-state index >= 15 is 0 Å². The summed E-state index contributed by atoms with van der Waals surface area (Å²) in [7, 11) is 3.66. The minimum absolute atomic E-state index is 0.143. The molecule has 2 rings (SSSR count). The zero-order valence-corrected chi connectivity index (χ0v) is 13.1. The standard InChI is InChI=1S/C17H25NO3/c1-12-10-15(19)7-4-13(12)11-17(20)18(2)14-5-8-16(21-3)9-6-14/h4,7,10,14,16,19H,5-6,8-9,11H2,1-3H3. The minimum Gasteiger partial charge on any atom is -0.508 e. The predicted molar refractivity (Wildman–Crippen MR) is 82.4 cm³/mol. The Labute approximate surface area is 126 Å². The van der Waals surface area contributed by atoms with E-state index in [1.54, 1.807) is 19.2 Å². The average molecular weight is 291 g/mol. The van der Waals surface area contributed by atoms with Crippen molar-refractivity contribution in [2.75, 3.05) is 14.2 Å². The van der Waals surface area contributed by atoms with E-state index in [2.05, 4.69) is 0 Å². The first kappa shape index (κ1) is 15.8. The van der Waals surface area contributed by atoms with E-state index < -0.39 is 0 Å². The number of hydrogen-bond acceptors (Lipinski definition) is 3. The van der Waals surface area contributed by atoms with E-state index in [1.165, 1.54) is 0 Å². The molecule has 1 fully saturated rings. The highest BCUT2D eigenvalue weighted by atomic mass is 16.5. The normalized spacial score (nSPS) is 22.0. The van der Waals surface area contributed by atoms with Crippen LogP contribution in [0.25, 0.3) is 0 Å². The second-order valence-electron chi connectivity index (χ2n) is 5.96. The fraction of sp³-hybridized carbons (Fsp3) is 0.588. The van der Waals surface area contributed by atoms with Gasteiger partial charge in [0.2, 0.25) is 5.91 Å². The number of carbonyl (C=O) groups is 1. The molecule has 1 aliphatic rings. The largest absolute Gasteiger partial charge is 0.508 e. The Balaban J connectivity index is 1.93. The fourth-order valence-corrected chi connectivity index (χ4v) is 3.04. The summed E-state index contributed by atoms with van der Waals surface area (Å²) in [5.74, 6) is 0.389. The predicted octanol–water partition coefficient (Wildman–Crippen LogP) is 2.66. The van der Waals surface area contributed by atoms with Gasteiger partial charge in [-0.1, -0.05) is 6.07 Å². The molecule has 4 heteroatoms. The maximum Gasteiger partial charge on any atom is 0.226 e. The molecule has 4 nitrogen and oxygen atoms in total. The van der Waals surface area contributed by atoms with Crippen LogP contribution in [0.2, 0.25) is 0 Å². The number of phenols is 1. The number of likely N-dealkylation sites (N-methyl/N-ethyl adjacent to an activating group) is 1. The quantitative estimate of drug-likeness (QED) is 0.928. The first-order chi connectivity index (χ1) is 10.0. The summed E-state index contributed by atoms with van der Waals surface area (Å²) in [4.78, 5) is 14.3. The number of methoxy groups -OCH3 is 1. The summed E-state index contributed by atoms with van der Waals surface area (Å²) in [6, 6.07) is 5.49. The molecule has 0 radical (unpaired) electrons. The maximum absolute atomic E-state index is 12.4. The molecule has 0 atom stereocenters. The van der Waals surface area contributed by atoms with Crippen molar-refractivity contribution >= 4 is 5.91 Å². The van der Waals surface area contributed by atoms with Crippen LogP contribution in [0.1, 0.15) is 36.8 Å². The zero-order chi connectivity index (χ0) is 15.4. The summed E-state index contributed by atoms with van der Waals surface area (Å²) in [6.07, 6.45) is 4.81. The second-order valence-corrected chi connectivity index (χ2v) is 5.96. The average Bonchev–Trinajstić information content (AvgIpc) is 2.49. The lowest BCUT2D eigenvalue weighted by Gasteiger charge is -2.34.